The van der Waals surface area contributed by atoms with Crippen LogP contribution < -0.4 is 0 Å². The summed E-state index contributed by atoms with van der Waals surface area (Å²) in [5.41, 5.74) is 0.877. The van der Waals surface area contributed by atoms with E-state index in [4.69, 9.17) is 14.2 Å². The van der Waals surface area contributed by atoms with Crippen LogP contribution in [0.5, 0.6) is 0 Å². The van der Waals surface area contributed by atoms with Gasteiger partial charge < -0.3 is 14.2 Å². The second-order valence-corrected chi connectivity index (χ2v) is 5.97. The van der Waals surface area contributed by atoms with Crippen molar-refractivity contribution in [3.05, 3.63) is 0 Å². The first-order valence-electron chi connectivity index (χ1n) is 5.21. The maximum atomic E-state index is 5.82. The van der Waals surface area contributed by atoms with E-state index in [1.165, 1.54) is 16.7 Å². The van der Waals surface area contributed by atoms with Crippen molar-refractivity contribution in [3.8, 4) is 0 Å². The van der Waals surface area contributed by atoms with Crippen molar-refractivity contribution >= 4 is 10.2 Å². The standard InChI is InChI=1S/C9H16O3Si/c13-9-2-7-6(1-8(9)12-7)11-4-5-3-10-5/h5-9H,1-4H2,13H3. The van der Waals surface area contributed by atoms with E-state index < -0.39 is 0 Å². The quantitative estimate of drug-likeness (QED) is 0.454. The zero-order chi connectivity index (χ0) is 8.84. The number of hydrogen-bond donors (Lipinski definition) is 0. The number of fused-ring (bicyclic) bond motifs is 2. The van der Waals surface area contributed by atoms with Crippen molar-refractivity contribution in [2.45, 2.75) is 42.8 Å². The molecule has 3 heterocycles. The summed E-state index contributed by atoms with van der Waals surface area (Å²) < 4.78 is 16.7. The Morgan fingerprint density at radius 3 is 2.69 bits per heavy atom. The Labute approximate surface area is 81.2 Å². The zero-order valence-electron chi connectivity index (χ0n) is 7.94. The third-order valence-corrected chi connectivity index (χ3v) is 4.58. The highest BCUT2D eigenvalue weighted by Gasteiger charge is 2.46. The summed E-state index contributed by atoms with van der Waals surface area (Å²) >= 11 is 0. The van der Waals surface area contributed by atoms with E-state index in [-0.39, 0.29) is 0 Å². The summed E-state index contributed by atoms with van der Waals surface area (Å²) in [4.78, 5) is 0. The lowest BCUT2D eigenvalue weighted by atomic mass is 9.97. The molecule has 4 heteroatoms. The maximum absolute atomic E-state index is 5.82. The summed E-state index contributed by atoms with van der Waals surface area (Å²) in [5.74, 6) is 0. The molecule has 5 atom stereocenters. The van der Waals surface area contributed by atoms with E-state index >= 15 is 0 Å². The first-order valence-corrected chi connectivity index (χ1v) is 6.37. The molecule has 0 amide bonds. The third-order valence-electron chi connectivity index (χ3n) is 3.37. The molecule has 13 heavy (non-hydrogen) atoms. The van der Waals surface area contributed by atoms with Crippen LogP contribution in [0.25, 0.3) is 0 Å². The molecule has 3 saturated heterocycles. The smallest absolute Gasteiger partial charge is 0.104 e. The molecule has 0 aromatic heterocycles. The molecule has 3 aliphatic rings. The van der Waals surface area contributed by atoms with Gasteiger partial charge in [-0.05, 0) is 12.0 Å². The molecule has 74 valence electrons. The predicted octanol–water partition coefficient (Wildman–Crippen LogP) is -0.515. The van der Waals surface area contributed by atoms with Gasteiger partial charge in [-0.1, -0.05) is 0 Å². The molecule has 0 N–H and O–H groups in total. The van der Waals surface area contributed by atoms with Crippen molar-refractivity contribution in [3.63, 3.8) is 0 Å². The highest BCUT2D eigenvalue weighted by molar-refractivity contribution is 6.12. The van der Waals surface area contributed by atoms with Crippen LogP contribution in [-0.4, -0.2) is 47.9 Å². The van der Waals surface area contributed by atoms with Gasteiger partial charge in [0, 0.05) is 16.7 Å². The monoisotopic (exact) mass is 200 g/mol. The minimum absolute atomic E-state index is 0.374. The first-order chi connectivity index (χ1) is 6.33. The topological polar surface area (TPSA) is 31.0 Å². The molecule has 3 nitrogen and oxygen atoms in total. The molecule has 0 saturated carbocycles. The number of ether oxygens (including phenoxy) is 3. The van der Waals surface area contributed by atoms with Crippen molar-refractivity contribution in [2.75, 3.05) is 13.2 Å². The van der Waals surface area contributed by atoms with Crippen LogP contribution in [0.3, 0.4) is 0 Å². The molecular weight excluding hydrogens is 184 g/mol. The molecule has 0 aliphatic carbocycles. The first kappa shape index (κ1) is 8.41. The van der Waals surface area contributed by atoms with Crippen LogP contribution in [0.1, 0.15) is 12.8 Å². The summed E-state index contributed by atoms with van der Waals surface area (Å²) in [5, 5.41) is 0. The number of epoxide rings is 1. The van der Waals surface area contributed by atoms with Gasteiger partial charge in [0.15, 0.2) is 0 Å². The SMILES string of the molecule is [SiH3]C1CC2OC1CC2OCC1CO1. The molecule has 2 bridgehead atoms. The lowest BCUT2D eigenvalue weighted by Gasteiger charge is -2.21. The van der Waals surface area contributed by atoms with Crippen molar-refractivity contribution in [1.29, 1.82) is 0 Å². The van der Waals surface area contributed by atoms with Gasteiger partial charge in [0.25, 0.3) is 0 Å². The van der Waals surface area contributed by atoms with Crippen LogP contribution in [0.4, 0.5) is 0 Å². The van der Waals surface area contributed by atoms with Gasteiger partial charge in [-0.3, -0.25) is 0 Å². The Balaban J connectivity index is 1.51. The van der Waals surface area contributed by atoms with Crippen LogP contribution in [0.2, 0.25) is 5.54 Å². The highest BCUT2D eigenvalue weighted by atomic mass is 28.1. The lowest BCUT2D eigenvalue weighted by Crippen LogP contribution is -2.29. The van der Waals surface area contributed by atoms with E-state index in [2.05, 4.69) is 0 Å². The minimum atomic E-state index is 0.374. The van der Waals surface area contributed by atoms with E-state index in [9.17, 15) is 0 Å². The summed E-state index contributed by atoms with van der Waals surface area (Å²) in [6.07, 6.45) is 4.08. The molecule has 3 fully saturated rings. The fourth-order valence-electron chi connectivity index (χ4n) is 2.41. The minimum Gasteiger partial charge on any atom is -0.373 e. The van der Waals surface area contributed by atoms with Crippen molar-refractivity contribution in [1.82, 2.24) is 0 Å². The van der Waals surface area contributed by atoms with Crippen LogP contribution in [-0.2, 0) is 14.2 Å². The van der Waals surface area contributed by atoms with Gasteiger partial charge >= 0.3 is 0 Å². The summed E-state index contributed by atoms with van der Waals surface area (Å²) in [7, 11) is 1.28. The fourth-order valence-corrected chi connectivity index (χ4v) is 3.30. The summed E-state index contributed by atoms with van der Waals surface area (Å²) in [6, 6.07) is 0. The van der Waals surface area contributed by atoms with Crippen LogP contribution in [0, 0.1) is 0 Å². The van der Waals surface area contributed by atoms with E-state index in [1.807, 2.05) is 0 Å². The molecule has 0 aromatic carbocycles. The molecule has 3 rings (SSSR count). The molecule has 3 aliphatic heterocycles. The molecule has 5 unspecified atom stereocenters. The zero-order valence-corrected chi connectivity index (χ0v) is 9.94. The van der Waals surface area contributed by atoms with Gasteiger partial charge in [-0.2, -0.15) is 0 Å². The normalized spacial score (nSPS) is 53.1. The predicted molar refractivity (Wildman–Crippen MR) is 51.1 cm³/mol. The van der Waals surface area contributed by atoms with E-state index in [1.54, 1.807) is 0 Å². The number of rotatable bonds is 3. The fraction of sp³-hybridized carbons (Fsp3) is 1.00. The van der Waals surface area contributed by atoms with E-state index in [0.717, 1.165) is 25.2 Å². The van der Waals surface area contributed by atoms with Crippen LogP contribution >= 0.6 is 0 Å². The Morgan fingerprint density at radius 2 is 2.15 bits per heavy atom. The Hall–Kier alpha value is 0.0969. The van der Waals surface area contributed by atoms with Gasteiger partial charge in [-0.15, -0.1) is 0 Å². The van der Waals surface area contributed by atoms with Gasteiger partial charge in [0.1, 0.15) is 6.10 Å². The largest absolute Gasteiger partial charge is 0.373 e. The van der Waals surface area contributed by atoms with Crippen LogP contribution in [0.15, 0.2) is 0 Å². The second kappa shape index (κ2) is 3.05. The Morgan fingerprint density at radius 1 is 1.31 bits per heavy atom. The Kier molecular flexibility index (Phi) is 1.97. The lowest BCUT2D eigenvalue weighted by molar-refractivity contribution is -0.00636. The van der Waals surface area contributed by atoms with Crippen molar-refractivity contribution < 1.29 is 14.2 Å². The van der Waals surface area contributed by atoms with Gasteiger partial charge in [0.05, 0.1) is 31.5 Å². The maximum Gasteiger partial charge on any atom is 0.104 e. The van der Waals surface area contributed by atoms with Gasteiger partial charge in [-0.25, -0.2) is 0 Å². The highest BCUT2D eigenvalue weighted by Crippen LogP contribution is 2.42. The second-order valence-electron chi connectivity index (χ2n) is 4.49. The third kappa shape index (κ3) is 1.56. The average Bonchev–Trinajstić information content (AvgIpc) is 2.77. The summed E-state index contributed by atoms with van der Waals surface area (Å²) in [6.45, 7) is 1.67. The molecule has 0 radical (unpaired) electrons. The van der Waals surface area contributed by atoms with E-state index in [0.29, 0.717) is 24.4 Å². The van der Waals surface area contributed by atoms with Crippen molar-refractivity contribution in [2.24, 2.45) is 0 Å². The Bertz CT molecular complexity index is 205. The van der Waals surface area contributed by atoms with Gasteiger partial charge in [0.2, 0.25) is 0 Å². The molecule has 0 aromatic rings. The molecule has 0 spiro atoms. The number of hydrogen-bond acceptors (Lipinski definition) is 3. The molecular formula is C9H16O3Si. The average molecular weight is 200 g/mol.